The summed E-state index contributed by atoms with van der Waals surface area (Å²) in [4.78, 5) is 43.5. The molecule has 44 heavy (non-hydrogen) atoms. The van der Waals surface area contributed by atoms with Crippen LogP contribution in [0.15, 0.2) is 54.6 Å². The average molecular weight is 603 g/mol. The summed E-state index contributed by atoms with van der Waals surface area (Å²) in [7, 11) is 3.30. The SMILES string of the molecule is CN(C)C(=O)c1ccc(CN2CCn3c(C(=O)NCc4ccc(NC(=O)N5CCOCC5)cc4)ccc3C23CCC3)c(F)c1. The van der Waals surface area contributed by atoms with Crippen molar-refractivity contribution >= 4 is 23.5 Å². The number of nitrogens with one attached hydrogen (secondary N) is 2. The molecule has 0 unspecified atom stereocenters. The number of carbonyl (C=O) groups excluding carboxylic acids is 3. The number of fused-ring (bicyclic) bond motifs is 2. The number of morpholine rings is 1. The number of nitrogens with zero attached hydrogens (tertiary/aromatic N) is 4. The molecule has 2 N–H and O–H groups in total. The van der Waals surface area contributed by atoms with Crippen LogP contribution in [0.2, 0.25) is 0 Å². The van der Waals surface area contributed by atoms with E-state index in [0.29, 0.717) is 75.0 Å². The Labute approximate surface area is 256 Å². The maximum atomic E-state index is 15.1. The van der Waals surface area contributed by atoms with Gasteiger partial charge in [-0.1, -0.05) is 18.2 Å². The summed E-state index contributed by atoms with van der Waals surface area (Å²) in [5.41, 5.74) is 4.02. The Morgan fingerprint density at radius 1 is 0.955 bits per heavy atom. The fraction of sp³-hybridized carbons (Fsp3) is 0.424. The maximum Gasteiger partial charge on any atom is 0.321 e. The Morgan fingerprint density at radius 2 is 1.70 bits per heavy atom. The highest BCUT2D eigenvalue weighted by Gasteiger charge is 2.48. The van der Waals surface area contributed by atoms with Crippen LogP contribution in [0.25, 0.3) is 0 Å². The zero-order valence-corrected chi connectivity index (χ0v) is 25.3. The van der Waals surface area contributed by atoms with E-state index in [0.717, 1.165) is 30.5 Å². The third kappa shape index (κ3) is 5.81. The number of anilines is 1. The molecule has 1 aromatic heterocycles. The van der Waals surface area contributed by atoms with Crippen molar-refractivity contribution in [3.8, 4) is 0 Å². The summed E-state index contributed by atoms with van der Waals surface area (Å²) in [6.07, 6.45) is 2.97. The van der Waals surface area contributed by atoms with Crippen molar-refractivity contribution in [1.82, 2.24) is 24.6 Å². The number of urea groups is 1. The van der Waals surface area contributed by atoms with Crippen molar-refractivity contribution in [2.24, 2.45) is 0 Å². The van der Waals surface area contributed by atoms with Crippen LogP contribution >= 0.6 is 0 Å². The molecule has 1 spiro atoms. The van der Waals surface area contributed by atoms with Gasteiger partial charge in [0.1, 0.15) is 11.5 Å². The molecule has 4 amide bonds. The number of rotatable bonds is 7. The van der Waals surface area contributed by atoms with Crippen LogP contribution < -0.4 is 10.6 Å². The highest BCUT2D eigenvalue weighted by molar-refractivity contribution is 5.94. The number of carbonyl (C=O) groups is 3. The number of halogens is 1. The lowest BCUT2D eigenvalue weighted by Crippen LogP contribution is -2.56. The van der Waals surface area contributed by atoms with Crippen LogP contribution in [0.5, 0.6) is 0 Å². The summed E-state index contributed by atoms with van der Waals surface area (Å²) in [6.45, 7) is 4.37. The maximum absolute atomic E-state index is 15.1. The predicted octanol–water partition coefficient (Wildman–Crippen LogP) is 4.02. The molecule has 3 heterocycles. The van der Waals surface area contributed by atoms with Crippen molar-refractivity contribution in [3.63, 3.8) is 0 Å². The smallest absolute Gasteiger partial charge is 0.321 e. The highest BCUT2D eigenvalue weighted by atomic mass is 19.1. The summed E-state index contributed by atoms with van der Waals surface area (Å²) < 4.78 is 22.5. The van der Waals surface area contributed by atoms with Gasteiger partial charge < -0.3 is 29.7 Å². The monoisotopic (exact) mass is 602 g/mol. The first-order chi connectivity index (χ1) is 21.2. The van der Waals surface area contributed by atoms with Crippen molar-refractivity contribution in [2.75, 3.05) is 52.3 Å². The third-order valence-corrected chi connectivity index (χ3v) is 9.09. The van der Waals surface area contributed by atoms with Gasteiger partial charge in [0.25, 0.3) is 11.8 Å². The summed E-state index contributed by atoms with van der Waals surface area (Å²) >= 11 is 0. The van der Waals surface area contributed by atoms with E-state index in [4.69, 9.17) is 4.74 Å². The largest absolute Gasteiger partial charge is 0.378 e. The molecule has 2 fully saturated rings. The van der Waals surface area contributed by atoms with E-state index in [1.165, 1.54) is 11.0 Å². The van der Waals surface area contributed by atoms with E-state index in [1.807, 2.05) is 36.4 Å². The van der Waals surface area contributed by atoms with E-state index in [2.05, 4.69) is 20.1 Å². The Bertz CT molecular complexity index is 1540. The molecule has 0 atom stereocenters. The average Bonchev–Trinajstić information content (AvgIpc) is 3.45. The molecule has 0 bridgehead atoms. The number of aromatic nitrogens is 1. The number of ether oxygens (including phenoxy) is 1. The molecule has 232 valence electrons. The van der Waals surface area contributed by atoms with Crippen molar-refractivity contribution in [3.05, 3.63) is 88.5 Å². The lowest BCUT2D eigenvalue weighted by Gasteiger charge is -2.53. The molecule has 11 heteroatoms. The Hall–Kier alpha value is -4.22. The normalized spacial score (nSPS) is 17.5. The zero-order chi connectivity index (χ0) is 30.8. The fourth-order valence-electron chi connectivity index (χ4n) is 6.44. The molecule has 2 aliphatic heterocycles. The standard InChI is InChI=1S/C33H39FN6O4/c1-37(2)31(42)24-6-7-25(27(34)20-24)22-39-14-15-40-28(10-11-29(40)33(39)12-3-13-33)30(41)35-21-23-4-8-26(9-5-23)36-32(43)38-16-18-44-19-17-38/h4-11,20H,3,12-19,21-22H2,1-2H3,(H,35,41)(H,36,43). The fourth-order valence-corrected chi connectivity index (χ4v) is 6.44. The minimum absolute atomic E-state index is 0.143. The van der Waals surface area contributed by atoms with Crippen LogP contribution in [-0.2, 0) is 29.9 Å². The molecular formula is C33H39FN6O4. The van der Waals surface area contributed by atoms with Gasteiger partial charge in [0.15, 0.2) is 0 Å². The predicted molar refractivity (Wildman–Crippen MR) is 164 cm³/mol. The van der Waals surface area contributed by atoms with E-state index in [1.54, 1.807) is 31.1 Å². The van der Waals surface area contributed by atoms with Gasteiger partial charge in [0, 0.05) is 75.9 Å². The van der Waals surface area contributed by atoms with Crippen molar-refractivity contribution < 1.29 is 23.5 Å². The molecule has 10 nitrogen and oxygen atoms in total. The minimum Gasteiger partial charge on any atom is -0.378 e. The third-order valence-electron chi connectivity index (χ3n) is 9.09. The topological polar surface area (TPSA) is 99.2 Å². The first kappa shape index (κ1) is 29.8. The van der Waals surface area contributed by atoms with Gasteiger partial charge >= 0.3 is 6.03 Å². The van der Waals surface area contributed by atoms with Crippen LogP contribution in [0.1, 0.15) is 56.9 Å². The van der Waals surface area contributed by atoms with Crippen molar-refractivity contribution in [2.45, 2.75) is 44.4 Å². The van der Waals surface area contributed by atoms with Gasteiger partial charge in [0.2, 0.25) is 0 Å². The zero-order valence-electron chi connectivity index (χ0n) is 25.3. The van der Waals surface area contributed by atoms with Gasteiger partial charge in [-0.3, -0.25) is 14.5 Å². The number of hydrogen-bond donors (Lipinski definition) is 2. The molecule has 1 aliphatic carbocycles. The lowest BCUT2D eigenvalue weighted by molar-refractivity contribution is -0.0223. The quantitative estimate of drug-likeness (QED) is 0.426. The van der Waals surface area contributed by atoms with Crippen LogP contribution in [0.3, 0.4) is 0 Å². The Morgan fingerprint density at radius 3 is 2.36 bits per heavy atom. The molecule has 3 aliphatic rings. The molecular weight excluding hydrogens is 563 g/mol. The van der Waals surface area contributed by atoms with E-state index in [-0.39, 0.29) is 29.2 Å². The van der Waals surface area contributed by atoms with Gasteiger partial charge in [-0.05, 0) is 61.2 Å². The summed E-state index contributed by atoms with van der Waals surface area (Å²) in [6, 6.07) is 16.0. The number of benzene rings is 2. The second-order valence-electron chi connectivity index (χ2n) is 12.0. The van der Waals surface area contributed by atoms with Crippen LogP contribution in [-0.4, -0.2) is 84.1 Å². The highest BCUT2D eigenvalue weighted by Crippen LogP contribution is 2.49. The Balaban J connectivity index is 1.09. The van der Waals surface area contributed by atoms with Gasteiger partial charge in [-0.25, -0.2) is 9.18 Å². The molecule has 6 rings (SSSR count). The van der Waals surface area contributed by atoms with Gasteiger partial charge in [0.05, 0.1) is 18.8 Å². The summed E-state index contributed by atoms with van der Waals surface area (Å²) in [5, 5.41) is 5.96. The van der Waals surface area contributed by atoms with E-state index in [9.17, 15) is 14.4 Å². The molecule has 1 saturated carbocycles. The summed E-state index contributed by atoms with van der Waals surface area (Å²) in [5.74, 6) is -0.741. The van der Waals surface area contributed by atoms with E-state index < -0.39 is 0 Å². The minimum atomic E-state index is -0.374. The second-order valence-corrected chi connectivity index (χ2v) is 12.0. The van der Waals surface area contributed by atoms with Crippen LogP contribution in [0.4, 0.5) is 14.9 Å². The van der Waals surface area contributed by atoms with Gasteiger partial charge in [-0.2, -0.15) is 0 Å². The molecule has 0 radical (unpaired) electrons. The van der Waals surface area contributed by atoms with Gasteiger partial charge in [-0.15, -0.1) is 0 Å². The number of amides is 4. The molecule has 2 aromatic carbocycles. The number of hydrogen-bond acceptors (Lipinski definition) is 5. The van der Waals surface area contributed by atoms with Crippen molar-refractivity contribution in [1.29, 1.82) is 0 Å². The lowest BCUT2D eigenvalue weighted by atomic mass is 9.71. The molecule has 3 aromatic rings. The second kappa shape index (κ2) is 12.4. The first-order valence-electron chi connectivity index (χ1n) is 15.2. The molecule has 1 saturated heterocycles. The Kier molecular flexibility index (Phi) is 8.42. The van der Waals surface area contributed by atoms with Crippen LogP contribution in [0, 0.1) is 5.82 Å². The van der Waals surface area contributed by atoms with E-state index >= 15 is 4.39 Å². The first-order valence-corrected chi connectivity index (χ1v) is 15.2.